The topological polar surface area (TPSA) is 54.5 Å². The van der Waals surface area contributed by atoms with E-state index in [0.717, 1.165) is 24.6 Å². The first-order chi connectivity index (χ1) is 10.8. The number of aromatic nitrogens is 1. The van der Waals surface area contributed by atoms with E-state index in [4.69, 9.17) is 4.74 Å². The summed E-state index contributed by atoms with van der Waals surface area (Å²) in [4.78, 5) is 18.3. The van der Waals surface area contributed by atoms with Gasteiger partial charge < -0.3 is 15.0 Å². The molecule has 5 nitrogen and oxygen atoms in total. The van der Waals surface area contributed by atoms with Crippen LogP contribution in [0.3, 0.4) is 0 Å². The van der Waals surface area contributed by atoms with E-state index in [9.17, 15) is 4.79 Å². The second-order valence-corrected chi connectivity index (χ2v) is 6.03. The predicted molar refractivity (Wildman–Crippen MR) is 88.7 cm³/mol. The number of benzene rings is 1. The van der Waals surface area contributed by atoms with Crippen LogP contribution in [0, 0.1) is 0 Å². The SMILES string of the molecule is O=C(Nc1cccnc1Oc1ccccc1)N1CCSCC1. The summed E-state index contributed by atoms with van der Waals surface area (Å²) in [5.41, 5.74) is 0.578. The molecule has 0 spiro atoms. The first-order valence-electron chi connectivity index (χ1n) is 7.14. The number of ether oxygens (including phenoxy) is 1. The van der Waals surface area contributed by atoms with Crippen molar-refractivity contribution in [2.24, 2.45) is 0 Å². The molecule has 0 unspecified atom stereocenters. The maximum Gasteiger partial charge on any atom is 0.322 e. The van der Waals surface area contributed by atoms with Crippen LogP contribution in [0.5, 0.6) is 11.6 Å². The lowest BCUT2D eigenvalue weighted by Crippen LogP contribution is -2.40. The van der Waals surface area contributed by atoms with Gasteiger partial charge in [0.25, 0.3) is 0 Å². The number of thioether (sulfide) groups is 1. The van der Waals surface area contributed by atoms with Crippen molar-refractivity contribution in [2.45, 2.75) is 0 Å². The highest BCUT2D eigenvalue weighted by Crippen LogP contribution is 2.27. The summed E-state index contributed by atoms with van der Waals surface area (Å²) < 4.78 is 5.75. The molecule has 6 heteroatoms. The highest BCUT2D eigenvalue weighted by molar-refractivity contribution is 7.99. The van der Waals surface area contributed by atoms with Crippen LogP contribution < -0.4 is 10.1 Å². The highest BCUT2D eigenvalue weighted by atomic mass is 32.2. The van der Waals surface area contributed by atoms with Crippen LogP contribution in [-0.4, -0.2) is 40.5 Å². The zero-order valence-corrected chi connectivity index (χ0v) is 12.9. The standard InChI is InChI=1S/C16H17N3O2S/c20-16(19-9-11-22-12-10-19)18-14-7-4-8-17-15(14)21-13-5-2-1-3-6-13/h1-8H,9-12H2,(H,18,20). The molecular weight excluding hydrogens is 298 g/mol. The van der Waals surface area contributed by atoms with Gasteiger partial charge in [-0.25, -0.2) is 9.78 Å². The molecule has 0 aliphatic carbocycles. The van der Waals surface area contributed by atoms with Crippen molar-refractivity contribution >= 4 is 23.5 Å². The molecule has 1 aromatic heterocycles. The van der Waals surface area contributed by atoms with Gasteiger partial charge in [0.2, 0.25) is 5.88 Å². The van der Waals surface area contributed by atoms with Gasteiger partial charge in [0.1, 0.15) is 11.4 Å². The summed E-state index contributed by atoms with van der Waals surface area (Å²) in [6.07, 6.45) is 1.64. The number of rotatable bonds is 3. The number of carbonyl (C=O) groups is 1. The molecule has 2 amide bonds. The van der Waals surface area contributed by atoms with Crippen LogP contribution in [0.2, 0.25) is 0 Å². The summed E-state index contributed by atoms with van der Waals surface area (Å²) in [6, 6.07) is 12.9. The van der Waals surface area contributed by atoms with E-state index in [1.54, 1.807) is 18.3 Å². The summed E-state index contributed by atoms with van der Waals surface area (Å²) in [7, 11) is 0. The Kier molecular flexibility index (Phi) is 4.80. The minimum atomic E-state index is -0.105. The normalized spacial score (nSPS) is 14.5. The lowest BCUT2D eigenvalue weighted by molar-refractivity contribution is 0.217. The molecule has 1 saturated heterocycles. The molecule has 1 aromatic carbocycles. The number of anilines is 1. The Morgan fingerprint density at radius 3 is 2.68 bits per heavy atom. The molecule has 1 fully saturated rings. The van der Waals surface area contributed by atoms with E-state index in [2.05, 4.69) is 10.3 Å². The molecule has 3 rings (SSSR count). The number of pyridine rings is 1. The maximum atomic E-state index is 12.3. The molecule has 114 valence electrons. The van der Waals surface area contributed by atoms with Gasteiger partial charge in [0, 0.05) is 30.8 Å². The van der Waals surface area contributed by atoms with Crippen LogP contribution in [0.4, 0.5) is 10.5 Å². The fourth-order valence-corrected chi connectivity index (χ4v) is 3.03. The first kappa shape index (κ1) is 14.7. The van der Waals surface area contributed by atoms with Crippen molar-refractivity contribution < 1.29 is 9.53 Å². The van der Waals surface area contributed by atoms with Crippen LogP contribution >= 0.6 is 11.8 Å². The Morgan fingerprint density at radius 2 is 1.91 bits per heavy atom. The monoisotopic (exact) mass is 315 g/mol. The lowest BCUT2D eigenvalue weighted by atomic mass is 10.3. The number of amides is 2. The van der Waals surface area contributed by atoms with Gasteiger partial charge in [-0.2, -0.15) is 11.8 Å². The van der Waals surface area contributed by atoms with Gasteiger partial charge >= 0.3 is 6.03 Å². The van der Waals surface area contributed by atoms with Crippen molar-refractivity contribution in [1.29, 1.82) is 0 Å². The zero-order chi connectivity index (χ0) is 15.2. The molecule has 1 aliphatic heterocycles. The van der Waals surface area contributed by atoms with Crippen molar-refractivity contribution in [3.63, 3.8) is 0 Å². The molecule has 0 bridgehead atoms. The van der Waals surface area contributed by atoms with Gasteiger partial charge in [0.15, 0.2) is 0 Å². The number of hydrogen-bond donors (Lipinski definition) is 1. The molecule has 0 radical (unpaired) electrons. The highest BCUT2D eigenvalue weighted by Gasteiger charge is 2.18. The minimum absolute atomic E-state index is 0.105. The molecule has 1 aliphatic rings. The first-order valence-corrected chi connectivity index (χ1v) is 8.30. The van der Waals surface area contributed by atoms with Crippen molar-refractivity contribution in [1.82, 2.24) is 9.88 Å². The fourth-order valence-electron chi connectivity index (χ4n) is 2.13. The fraction of sp³-hybridized carbons (Fsp3) is 0.250. The minimum Gasteiger partial charge on any atom is -0.437 e. The van der Waals surface area contributed by atoms with E-state index >= 15 is 0 Å². The largest absolute Gasteiger partial charge is 0.437 e. The molecule has 1 N–H and O–H groups in total. The van der Waals surface area contributed by atoms with Crippen molar-refractivity contribution in [3.8, 4) is 11.6 Å². The van der Waals surface area contributed by atoms with Gasteiger partial charge in [-0.15, -0.1) is 0 Å². The Balaban J connectivity index is 1.72. The molecule has 22 heavy (non-hydrogen) atoms. The second kappa shape index (κ2) is 7.17. The van der Waals surface area contributed by atoms with E-state index < -0.39 is 0 Å². The average Bonchev–Trinajstić information content (AvgIpc) is 2.58. The van der Waals surface area contributed by atoms with Gasteiger partial charge in [-0.1, -0.05) is 18.2 Å². The molecule has 0 saturated carbocycles. The Bertz CT molecular complexity index is 630. The third-order valence-corrected chi connectivity index (χ3v) is 4.21. The zero-order valence-electron chi connectivity index (χ0n) is 12.1. The molecule has 2 heterocycles. The van der Waals surface area contributed by atoms with Crippen LogP contribution in [0.1, 0.15) is 0 Å². The predicted octanol–water partition coefficient (Wildman–Crippen LogP) is 3.45. The maximum absolute atomic E-state index is 12.3. The number of nitrogens with zero attached hydrogens (tertiary/aromatic N) is 2. The summed E-state index contributed by atoms with van der Waals surface area (Å²) in [5, 5.41) is 2.89. The number of hydrogen-bond acceptors (Lipinski definition) is 4. The van der Waals surface area contributed by atoms with Gasteiger partial charge in [0.05, 0.1) is 0 Å². The number of urea groups is 1. The van der Waals surface area contributed by atoms with Crippen molar-refractivity contribution in [2.75, 3.05) is 29.9 Å². The number of nitrogens with one attached hydrogen (secondary N) is 1. The van der Waals surface area contributed by atoms with Crippen LogP contribution in [0.25, 0.3) is 0 Å². The van der Waals surface area contributed by atoms with Crippen molar-refractivity contribution in [3.05, 3.63) is 48.7 Å². The number of carbonyl (C=O) groups excluding carboxylic acids is 1. The van der Waals surface area contributed by atoms with Gasteiger partial charge in [-0.3, -0.25) is 0 Å². The summed E-state index contributed by atoms with van der Waals surface area (Å²) >= 11 is 1.87. The third kappa shape index (κ3) is 3.71. The lowest BCUT2D eigenvalue weighted by Gasteiger charge is -2.26. The smallest absolute Gasteiger partial charge is 0.322 e. The Hall–Kier alpha value is -2.21. The van der Waals surface area contributed by atoms with E-state index in [-0.39, 0.29) is 6.03 Å². The summed E-state index contributed by atoms with van der Waals surface area (Å²) in [6.45, 7) is 1.54. The third-order valence-electron chi connectivity index (χ3n) is 3.27. The van der Waals surface area contributed by atoms with E-state index in [0.29, 0.717) is 17.3 Å². The average molecular weight is 315 g/mol. The van der Waals surface area contributed by atoms with Gasteiger partial charge in [-0.05, 0) is 24.3 Å². The van der Waals surface area contributed by atoms with E-state index in [1.807, 2.05) is 47.0 Å². The molecule has 2 aromatic rings. The van der Waals surface area contributed by atoms with Crippen LogP contribution in [-0.2, 0) is 0 Å². The van der Waals surface area contributed by atoms with Crippen LogP contribution in [0.15, 0.2) is 48.7 Å². The Morgan fingerprint density at radius 1 is 1.14 bits per heavy atom. The molecule has 0 atom stereocenters. The molecular formula is C16H17N3O2S. The summed E-state index contributed by atoms with van der Waals surface area (Å²) in [5.74, 6) is 3.04. The number of para-hydroxylation sites is 1. The Labute approximate surface area is 133 Å². The second-order valence-electron chi connectivity index (χ2n) is 4.80. The van der Waals surface area contributed by atoms with E-state index in [1.165, 1.54) is 0 Å². The quantitative estimate of drug-likeness (QED) is 0.942.